The van der Waals surface area contributed by atoms with E-state index in [1.165, 1.54) is 6.08 Å². The van der Waals surface area contributed by atoms with Crippen LogP contribution in [-0.4, -0.2) is 33.9 Å². The number of fused-ring (bicyclic) bond motifs is 1. The molecule has 108 valence electrons. The lowest BCUT2D eigenvalue weighted by molar-refractivity contribution is -0.125. The van der Waals surface area contributed by atoms with E-state index in [9.17, 15) is 9.59 Å². The van der Waals surface area contributed by atoms with E-state index in [0.29, 0.717) is 29.8 Å². The first-order chi connectivity index (χ1) is 10.1. The predicted octanol–water partition coefficient (Wildman–Crippen LogP) is 2.19. The Labute approximate surface area is 129 Å². The molecule has 1 aromatic carbocycles. The summed E-state index contributed by atoms with van der Waals surface area (Å²) in [5.41, 5.74) is 0.523. The number of hydrogen-bond donors (Lipinski definition) is 1. The van der Waals surface area contributed by atoms with Crippen molar-refractivity contribution in [3.05, 3.63) is 51.5 Å². The zero-order valence-electron chi connectivity index (χ0n) is 11.3. The van der Waals surface area contributed by atoms with Gasteiger partial charge in [-0.2, -0.15) is 0 Å². The lowest BCUT2D eigenvalue weighted by Crippen LogP contribution is -2.26. The summed E-state index contributed by atoms with van der Waals surface area (Å²) in [5.74, 6) is 0.633. The fraction of sp³-hybridized carbons (Fsp3) is 0.267. The van der Waals surface area contributed by atoms with Crippen LogP contribution in [0.5, 0.6) is 0 Å². The van der Waals surface area contributed by atoms with E-state index in [1.54, 1.807) is 11.0 Å². The van der Waals surface area contributed by atoms with Crippen molar-refractivity contribution in [3.63, 3.8) is 0 Å². The first kappa shape index (κ1) is 14.0. The molecule has 0 radical (unpaired) electrons. The molecule has 6 heteroatoms. The molecule has 1 aliphatic heterocycles. The lowest BCUT2D eigenvalue weighted by Gasteiger charge is -2.14. The number of nitrogens with zero attached hydrogens (tertiary/aromatic N) is 2. The second kappa shape index (κ2) is 5.44. The molecule has 2 aromatic rings. The first-order valence-electron chi connectivity index (χ1n) is 6.69. The van der Waals surface area contributed by atoms with Gasteiger partial charge < -0.3 is 9.88 Å². The molecular formula is C15H14BrN3O2. The number of nitrogens with one attached hydrogen (secondary N) is 1. The normalized spacial score (nSPS) is 18.1. The first-order valence-corrected chi connectivity index (χ1v) is 7.48. The number of rotatable bonds is 2. The standard InChI is InChI=1S/C15H14BrN3O2/c1-2-13(20)19-6-5-9(8-19)14-17-12-4-3-10(16)7-11(12)15(21)18-14/h2-4,7,9H,1,5-6,8H2,(H,17,18,21). The minimum absolute atomic E-state index is 0.0645. The monoisotopic (exact) mass is 347 g/mol. The van der Waals surface area contributed by atoms with Crippen molar-refractivity contribution in [2.24, 2.45) is 0 Å². The van der Waals surface area contributed by atoms with Crippen LogP contribution in [0.1, 0.15) is 18.2 Å². The predicted molar refractivity (Wildman–Crippen MR) is 84.2 cm³/mol. The molecule has 1 unspecified atom stereocenters. The molecule has 1 fully saturated rings. The second-order valence-corrected chi connectivity index (χ2v) is 6.00. The van der Waals surface area contributed by atoms with Crippen molar-refractivity contribution in [2.75, 3.05) is 13.1 Å². The minimum Gasteiger partial charge on any atom is -0.338 e. The van der Waals surface area contributed by atoms with Crippen molar-refractivity contribution in [1.29, 1.82) is 0 Å². The quantitative estimate of drug-likeness (QED) is 0.846. The number of aromatic nitrogens is 2. The Bertz CT molecular complexity index is 784. The molecule has 0 bridgehead atoms. The molecule has 1 N–H and O–H groups in total. The van der Waals surface area contributed by atoms with Crippen LogP contribution >= 0.6 is 15.9 Å². The number of benzene rings is 1. The maximum absolute atomic E-state index is 12.2. The molecule has 0 spiro atoms. The van der Waals surface area contributed by atoms with E-state index in [0.717, 1.165) is 10.9 Å². The van der Waals surface area contributed by atoms with Gasteiger partial charge in [0.05, 0.1) is 10.9 Å². The summed E-state index contributed by atoms with van der Waals surface area (Å²) in [4.78, 5) is 32.9. The number of carbonyl (C=O) groups excluding carboxylic acids is 1. The third kappa shape index (κ3) is 2.63. The molecule has 3 rings (SSSR count). The van der Waals surface area contributed by atoms with Crippen LogP contribution in [0.4, 0.5) is 0 Å². The molecule has 1 aliphatic rings. The van der Waals surface area contributed by atoms with E-state index in [2.05, 4.69) is 32.5 Å². The number of halogens is 1. The highest BCUT2D eigenvalue weighted by molar-refractivity contribution is 9.10. The lowest BCUT2D eigenvalue weighted by atomic mass is 10.1. The highest BCUT2D eigenvalue weighted by Gasteiger charge is 2.28. The van der Waals surface area contributed by atoms with Crippen LogP contribution in [0.15, 0.2) is 40.1 Å². The van der Waals surface area contributed by atoms with Crippen LogP contribution in [0.25, 0.3) is 10.9 Å². The Balaban J connectivity index is 1.95. The number of hydrogen-bond acceptors (Lipinski definition) is 3. The number of carbonyl (C=O) groups is 1. The Hall–Kier alpha value is -1.95. The van der Waals surface area contributed by atoms with Gasteiger partial charge in [-0.3, -0.25) is 9.59 Å². The molecule has 2 heterocycles. The Morgan fingerprint density at radius 2 is 2.33 bits per heavy atom. The fourth-order valence-electron chi connectivity index (χ4n) is 2.64. The van der Waals surface area contributed by atoms with Gasteiger partial charge in [0.25, 0.3) is 5.56 Å². The average Bonchev–Trinajstić information content (AvgIpc) is 2.97. The molecule has 0 aliphatic carbocycles. The van der Waals surface area contributed by atoms with Crippen molar-refractivity contribution in [3.8, 4) is 0 Å². The van der Waals surface area contributed by atoms with E-state index >= 15 is 0 Å². The van der Waals surface area contributed by atoms with Gasteiger partial charge in [0.1, 0.15) is 5.82 Å². The minimum atomic E-state index is -0.148. The highest BCUT2D eigenvalue weighted by atomic mass is 79.9. The fourth-order valence-corrected chi connectivity index (χ4v) is 3.00. The summed E-state index contributed by atoms with van der Waals surface area (Å²) in [6, 6.07) is 5.44. The Morgan fingerprint density at radius 3 is 3.10 bits per heavy atom. The van der Waals surface area contributed by atoms with Gasteiger partial charge in [-0.1, -0.05) is 22.5 Å². The molecule has 1 atom stereocenters. The average molecular weight is 348 g/mol. The van der Waals surface area contributed by atoms with Gasteiger partial charge in [-0.15, -0.1) is 0 Å². The third-order valence-corrected chi connectivity index (χ3v) is 4.24. The van der Waals surface area contributed by atoms with E-state index in [-0.39, 0.29) is 17.4 Å². The van der Waals surface area contributed by atoms with Gasteiger partial charge in [0, 0.05) is 23.5 Å². The van der Waals surface area contributed by atoms with Crippen LogP contribution in [0.3, 0.4) is 0 Å². The molecule has 5 nitrogen and oxygen atoms in total. The third-order valence-electron chi connectivity index (χ3n) is 3.75. The van der Waals surface area contributed by atoms with Crippen LogP contribution in [-0.2, 0) is 4.79 Å². The zero-order valence-corrected chi connectivity index (χ0v) is 12.9. The van der Waals surface area contributed by atoms with Crippen LogP contribution in [0.2, 0.25) is 0 Å². The molecule has 1 saturated heterocycles. The molecule has 1 amide bonds. The van der Waals surface area contributed by atoms with Gasteiger partial charge >= 0.3 is 0 Å². The van der Waals surface area contributed by atoms with E-state index in [4.69, 9.17) is 0 Å². The zero-order chi connectivity index (χ0) is 15.0. The van der Waals surface area contributed by atoms with Gasteiger partial charge in [-0.05, 0) is 30.7 Å². The SMILES string of the molecule is C=CC(=O)N1CCC(c2nc3ccc(Br)cc3c(=O)[nH]2)C1. The van der Waals surface area contributed by atoms with Crippen molar-refractivity contribution >= 4 is 32.7 Å². The summed E-state index contributed by atoms with van der Waals surface area (Å²) in [5, 5.41) is 0.560. The summed E-state index contributed by atoms with van der Waals surface area (Å²) < 4.78 is 0.846. The number of amides is 1. The summed E-state index contributed by atoms with van der Waals surface area (Å²) in [6.07, 6.45) is 2.11. The van der Waals surface area contributed by atoms with E-state index in [1.807, 2.05) is 12.1 Å². The van der Waals surface area contributed by atoms with Gasteiger partial charge in [0.2, 0.25) is 5.91 Å². The number of aromatic amines is 1. The van der Waals surface area contributed by atoms with Crippen molar-refractivity contribution < 1.29 is 4.79 Å². The Kier molecular flexibility index (Phi) is 3.63. The summed E-state index contributed by atoms with van der Waals surface area (Å²) in [7, 11) is 0. The molecule has 0 saturated carbocycles. The number of H-pyrrole nitrogens is 1. The van der Waals surface area contributed by atoms with Gasteiger partial charge in [-0.25, -0.2) is 4.98 Å². The molecule has 1 aromatic heterocycles. The Morgan fingerprint density at radius 1 is 1.52 bits per heavy atom. The van der Waals surface area contributed by atoms with Crippen LogP contribution < -0.4 is 5.56 Å². The van der Waals surface area contributed by atoms with Gasteiger partial charge in [0.15, 0.2) is 0 Å². The van der Waals surface area contributed by atoms with Crippen molar-refractivity contribution in [2.45, 2.75) is 12.3 Å². The van der Waals surface area contributed by atoms with Crippen molar-refractivity contribution in [1.82, 2.24) is 14.9 Å². The summed E-state index contributed by atoms with van der Waals surface area (Å²) in [6.45, 7) is 4.73. The second-order valence-electron chi connectivity index (χ2n) is 5.09. The topological polar surface area (TPSA) is 66.1 Å². The molecule has 21 heavy (non-hydrogen) atoms. The number of likely N-dealkylation sites (tertiary alicyclic amines) is 1. The maximum atomic E-state index is 12.2. The molecular weight excluding hydrogens is 334 g/mol. The van der Waals surface area contributed by atoms with Crippen LogP contribution in [0, 0.1) is 0 Å². The summed E-state index contributed by atoms with van der Waals surface area (Å²) >= 11 is 3.35. The maximum Gasteiger partial charge on any atom is 0.258 e. The largest absolute Gasteiger partial charge is 0.338 e. The highest BCUT2D eigenvalue weighted by Crippen LogP contribution is 2.25. The van der Waals surface area contributed by atoms with E-state index < -0.39 is 0 Å². The smallest absolute Gasteiger partial charge is 0.258 e.